The van der Waals surface area contributed by atoms with Crippen LogP contribution in [-0.4, -0.2) is 101 Å². The first-order chi connectivity index (χ1) is 17.9. The lowest BCUT2D eigenvalue weighted by Gasteiger charge is -2.37. The van der Waals surface area contributed by atoms with Gasteiger partial charge in [-0.2, -0.15) is 5.10 Å². The van der Waals surface area contributed by atoms with Gasteiger partial charge in [-0.1, -0.05) is 12.1 Å². The molecule has 0 bridgehead atoms. The molecule has 3 heterocycles. The Kier molecular flexibility index (Phi) is 7.19. The monoisotopic (exact) mass is 507 g/mol. The van der Waals surface area contributed by atoms with E-state index in [9.17, 15) is 14.4 Å². The van der Waals surface area contributed by atoms with E-state index in [2.05, 4.69) is 42.0 Å². The predicted molar refractivity (Wildman–Crippen MR) is 140 cm³/mol. The minimum absolute atomic E-state index is 0.0134. The molecule has 2 N–H and O–H groups in total. The molecule has 0 saturated carbocycles. The second kappa shape index (κ2) is 10.5. The van der Waals surface area contributed by atoms with Gasteiger partial charge < -0.3 is 25.3 Å². The van der Waals surface area contributed by atoms with E-state index in [1.807, 2.05) is 4.90 Å². The molecule has 3 aliphatic rings. The summed E-state index contributed by atoms with van der Waals surface area (Å²) in [6, 6.07) is 6.37. The maximum absolute atomic E-state index is 13.3. The zero-order chi connectivity index (χ0) is 26.1. The number of hydrogen-bond donors (Lipinski definition) is 1. The molecule has 1 aromatic heterocycles. The average Bonchev–Trinajstić information content (AvgIpc) is 3.53. The van der Waals surface area contributed by atoms with E-state index in [1.54, 1.807) is 14.5 Å². The van der Waals surface area contributed by atoms with E-state index < -0.39 is 0 Å². The largest absolute Gasteiger partial charge is 0.368 e. The zero-order valence-electron chi connectivity index (χ0n) is 21.9. The Morgan fingerprint density at radius 2 is 1.51 bits per heavy atom. The number of hydrogen-bond acceptors (Lipinski definition) is 6. The van der Waals surface area contributed by atoms with Crippen molar-refractivity contribution in [2.75, 3.05) is 63.8 Å². The van der Waals surface area contributed by atoms with Crippen molar-refractivity contribution in [1.82, 2.24) is 24.5 Å². The third-order valence-electron chi connectivity index (χ3n) is 8.14. The molecule has 2 aromatic rings. The third-order valence-corrected chi connectivity index (χ3v) is 8.14. The zero-order valence-corrected chi connectivity index (χ0v) is 21.9. The molecule has 0 unspecified atom stereocenters. The quantitative estimate of drug-likeness (QED) is 0.635. The molecule has 0 atom stereocenters. The molecular formula is C27H37N7O3. The van der Waals surface area contributed by atoms with Crippen LogP contribution in [0.2, 0.25) is 0 Å². The summed E-state index contributed by atoms with van der Waals surface area (Å²) in [4.78, 5) is 46.2. The van der Waals surface area contributed by atoms with Crippen molar-refractivity contribution in [3.05, 3.63) is 46.3 Å². The lowest BCUT2D eigenvalue weighted by atomic mass is 10.1. The van der Waals surface area contributed by atoms with Crippen LogP contribution in [-0.2, 0) is 29.0 Å². The number of benzene rings is 1. The van der Waals surface area contributed by atoms with E-state index in [1.165, 1.54) is 16.8 Å². The van der Waals surface area contributed by atoms with Crippen LogP contribution in [0.5, 0.6) is 0 Å². The maximum Gasteiger partial charge on any atom is 0.274 e. The van der Waals surface area contributed by atoms with Gasteiger partial charge in [-0.3, -0.25) is 19.1 Å². The molecule has 198 valence electrons. The average molecular weight is 508 g/mol. The molecular weight excluding hydrogens is 470 g/mol. The highest BCUT2D eigenvalue weighted by Crippen LogP contribution is 2.27. The van der Waals surface area contributed by atoms with Crippen LogP contribution in [0, 0.1) is 13.8 Å². The van der Waals surface area contributed by atoms with Crippen molar-refractivity contribution in [3.8, 4) is 0 Å². The number of amides is 3. The highest BCUT2D eigenvalue weighted by Gasteiger charge is 2.32. The Balaban J connectivity index is 1.22. The summed E-state index contributed by atoms with van der Waals surface area (Å²) >= 11 is 0. The fourth-order valence-corrected chi connectivity index (χ4v) is 5.75. The van der Waals surface area contributed by atoms with Crippen molar-refractivity contribution in [1.29, 1.82) is 0 Å². The molecule has 10 heteroatoms. The first-order valence-electron chi connectivity index (χ1n) is 13.3. The lowest BCUT2D eigenvalue weighted by Crippen LogP contribution is -2.52. The lowest BCUT2D eigenvalue weighted by molar-refractivity contribution is -0.132. The Morgan fingerprint density at radius 3 is 2.22 bits per heavy atom. The second-order valence-corrected chi connectivity index (χ2v) is 10.2. The molecule has 0 spiro atoms. The molecule has 3 amide bonds. The minimum Gasteiger partial charge on any atom is -0.368 e. The predicted octanol–water partition coefficient (Wildman–Crippen LogP) is 0.581. The van der Waals surface area contributed by atoms with E-state index in [0.717, 1.165) is 43.6 Å². The van der Waals surface area contributed by atoms with Gasteiger partial charge in [0, 0.05) is 69.3 Å². The molecule has 1 aromatic carbocycles. The maximum atomic E-state index is 13.3. The molecule has 0 radical (unpaired) electrons. The van der Waals surface area contributed by atoms with Gasteiger partial charge in [-0.05, 0) is 50.3 Å². The summed E-state index contributed by atoms with van der Waals surface area (Å²) in [6.45, 7) is 9.28. The van der Waals surface area contributed by atoms with Gasteiger partial charge >= 0.3 is 0 Å². The number of nitrogens with zero attached hydrogens (tertiary/aromatic N) is 6. The summed E-state index contributed by atoms with van der Waals surface area (Å²) in [6.07, 6.45) is 2.61. The van der Waals surface area contributed by atoms with Crippen molar-refractivity contribution < 1.29 is 14.4 Å². The number of carbonyl (C=O) groups is 3. The summed E-state index contributed by atoms with van der Waals surface area (Å²) in [7, 11) is 0. The molecule has 2 fully saturated rings. The van der Waals surface area contributed by atoms with Crippen LogP contribution in [0.4, 0.5) is 5.69 Å². The Morgan fingerprint density at radius 1 is 0.865 bits per heavy atom. The van der Waals surface area contributed by atoms with Crippen LogP contribution in [0.1, 0.15) is 39.3 Å². The fraction of sp³-hybridized carbons (Fsp3) is 0.556. The molecule has 10 nitrogen and oxygen atoms in total. The Hall–Kier alpha value is -3.40. The van der Waals surface area contributed by atoms with Crippen LogP contribution in [0.3, 0.4) is 0 Å². The van der Waals surface area contributed by atoms with Crippen LogP contribution >= 0.6 is 0 Å². The fourth-order valence-electron chi connectivity index (χ4n) is 5.75. The first kappa shape index (κ1) is 25.3. The molecule has 5 rings (SSSR count). The van der Waals surface area contributed by atoms with Gasteiger partial charge in [0.1, 0.15) is 6.54 Å². The number of carbonyl (C=O) groups excluding carboxylic acids is 3. The van der Waals surface area contributed by atoms with Gasteiger partial charge in [0.2, 0.25) is 11.8 Å². The van der Waals surface area contributed by atoms with Crippen molar-refractivity contribution in [3.63, 3.8) is 0 Å². The second-order valence-electron chi connectivity index (χ2n) is 10.2. The van der Waals surface area contributed by atoms with Crippen molar-refractivity contribution >= 4 is 23.4 Å². The number of aromatic nitrogens is 2. The molecule has 1 aliphatic carbocycles. The number of rotatable bonds is 5. The number of piperazine rings is 2. The Labute approximate surface area is 218 Å². The number of nitrogens with two attached hydrogens (primary N) is 1. The van der Waals surface area contributed by atoms with Crippen molar-refractivity contribution in [2.45, 2.75) is 39.7 Å². The number of fused-ring (bicyclic) bond motifs is 1. The SMILES string of the molecule is Cc1cccc(N2CCN(C(=O)Cn3nc(C(=O)N4CCN(C(=O)CN)CC4)c4c3CCC4)CC2)c1C. The van der Waals surface area contributed by atoms with Crippen LogP contribution in [0.25, 0.3) is 0 Å². The van der Waals surface area contributed by atoms with Gasteiger partial charge in [-0.15, -0.1) is 0 Å². The van der Waals surface area contributed by atoms with E-state index in [-0.39, 0.29) is 30.8 Å². The molecule has 37 heavy (non-hydrogen) atoms. The normalized spacial score (nSPS) is 17.8. The van der Waals surface area contributed by atoms with E-state index in [0.29, 0.717) is 45.0 Å². The highest BCUT2D eigenvalue weighted by molar-refractivity contribution is 5.94. The van der Waals surface area contributed by atoms with E-state index >= 15 is 0 Å². The Bertz CT molecular complexity index is 1190. The standard InChI is InChI=1S/C27H37N7O3/c1-19-5-3-7-22(20(19)2)30-9-11-32(12-10-30)25(36)18-34-23-8-4-6-21(23)26(29-34)27(37)33-15-13-31(14-16-33)24(35)17-28/h3,5,7H,4,6,8-18,28H2,1-2H3. The van der Waals surface area contributed by atoms with Gasteiger partial charge in [0.25, 0.3) is 5.91 Å². The summed E-state index contributed by atoms with van der Waals surface area (Å²) < 4.78 is 1.77. The van der Waals surface area contributed by atoms with Gasteiger partial charge in [0.15, 0.2) is 5.69 Å². The molecule has 2 aliphatic heterocycles. The number of anilines is 1. The topological polar surface area (TPSA) is 108 Å². The summed E-state index contributed by atoms with van der Waals surface area (Å²) in [5.74, 6) is -0.150. The van der Waals surface area contributed by atoms with Crippen LogP contribution in [0.15, 0.2) is 18.2 Å². The summed E-state index contributed by atoms with van der Waals surface area (Å²) in [5.41, 5.74) is 11.8. The molecule has 2 saturated heterocycles. The van der Waals surface area contributed by atoms with Crippen molar-refractivity contribution in [2.24, 2.45) is 5.73 Å². The highest BCUT2D eigenvalue weighted by atomic mass is 16.2. The van der Waals surface area contributed by atoms with Gasteiger partial charge in [0.05, 0.1) is 6.54 Å². The van der Waals surface area contributed by atoms with Gasteiger partial charge in [-0.25, -0.2) is 0 Å². The third kappa shape index (κ3) is 4.94. The minimum atomic E-state index is -0.105. The smallest absolute Gasteiger partial charge is 0.274 e. The van der Waals surface area contributed by atoms with Crippen LogP contribution < -0.4 is 10.6 Å². The number of aryl methyl sites for hydroxylation is 1. The van der Waals surface area contributed by atoms with E-state index in [4.69, 9.17) is 5.73 Å². The summed E-state index contributed by atoms with van der Waals surface area (Å²) in [5, 5.41) is 4.66. The first-order valence-corrected chi connectivity index (χ1v) is 13.3.